The van der Waals surface area contributed by atoms with E-state index in [1.807, 2.05) is 20.8 Å². The Balaban J connectivity index is 3.48. The van der Waals surface area contributed by atoms with Crippen molar-refractivity contribution in [1.29, 1.82) is 0 Å². The Hall–Kier alpha value is -1.52. The first-order chi connectivity index (χ1) is 6.36. The Morgan fingerprint density at radius 1 is 1.43 bits per heavy atom. The molecular formula is C9H15N3O2. The van der Waals surface area contributed by atoms with E-state index in [0.717, 1.165) is 0 Å². The number of aromatic amines is 1. The van der Waals surface area contributed by atoms with Gasteiger partial charge in [-0.25, -0.2) is 4.98 Å². The van der Waals surface area contributed by atoms with Gasteiger partial charge in [0, 0.05) is 5.41 Å². The van der Waals surface area contributed by atoms with E-state index in [1.165, 1.54) is 7.11 Å². The summed E-state index contributed by atoms with van der Waals surface area (Å²) < 4.78 is 5.00. The van der Waals surface area contributed by atoms with Crippen molar-refractivity contribution in [1.82, 2.24) is 9.97 Å². The quantitative estimate of drug-likeness (QED) is 0.693. The largest absolute Gasteiger partial charge is 0.490 e. The maximum absolute atomic E-state index is 11.4. The third kappa shape index (κ3) is 1.86. The molecule has 0 bridgehead atoms. The van der Waals surface area contributed by atoms with Crippen LogP contribution in [0.3, 0.4) is 0 Å². The number of H-pyrrole nitrogens is 1. The predicted octanol–water partition coefficient (Wildman–Crippen LogP) is 0.658. The highest BCUT2D eigenvalue weighted by molar-refractivity contribution is 5.34. The lowest BCUT2D eigenvalue weighted by Crippen LogP contribution is -2.23. The molecule has 0 saturated carbocycles. The topological polar surface area (TPSA) is 81.0 Å². The summed E-state index contributed by atoms with van der Waals surface area (Å²) in [6, 6.07) is 0. The van der Waals surface area contributed by atoms with E-state index >= 15 is 0 Å². The number of aromatic nitrogens is 2. The smallest absolute Gasteiger partial charge is 0.294 e. The van der Waals surface area contributed by atoms with Gasteiger partial charge in [-0.3, -0.25) is 9.78 Å². The molecule has 0 spiro atoms. The molecule has 0 aliphatic heterocycles. The highest BCUT2D eigenvalue weighted by atomic mass is 16.5. The fourth-order valence-electron chi connectivity index (χ4n) is 1.18. The summed E-state index contributed by atoms with van der Waals surface area (Å²) in [6.07, 6.45) is 0. The number of hydrogen-bond acceptors (Lipinski definition) is 4. The van der Waals surface area contributed by atoms with E-state index < -0.39 is 0 Å². The lowest BCUT2D eigenvalue weighted by Gasteiger charge is -2.19. The van der Waals surface area contributed by atoms with Crippen molar-refractivity contribution in [3.05, 3.63) is 16.0 Å². The molecule has 0 atom stereocenters. The Labute approximate surface area is 82.3 Å². The second kappa shape index (κ2) is 3.32. The van der Waals surface area contributed by atoms with Gasteiger partial charge in [-0.1, -0.05) is 20.8 Å². The maximum Gasteiger partial charge on any atom is 0.294 e. The zero-order chi connectivity index (χ0) is 10.9. The van der Waals surface area contributed by atoms with Gasteiger partial charge in [0.15, 0.2) is 0 Å². The van der Waals surface area contributed by atoms with Crippen LogP contribution < -0.4 is 16.0 Å². The number of methoxy groups -OCH3 is 1. The number of anilines is 1. The molecule has 78 valence electrons. The molecule has 0 aliphatic rings. The summed E-state index contributed by atoms with van der Waals surface area (Å²) in [5.41, 5.74) is 5.42. The zero-order valence-corrected chi connectivity index (χ0v) is 8.84. The van der Waals surface area contributed by atoms with Crippen LogP contribution in [-0.2, 0) is 5.41 Å². The van der Waals surface area contributed by atoms with E-state index in [0.29, 0.717) is 5.69 Å². The van der Waals surface area contributed by atoms with Gasteiger partial charge in [-0.2, -0.15) is 0 Å². The summed E-state index contributed by atoms with van der Waals surface area (Å²) >= 11 is 0. The molecule has 0 aromatic carbocycles. The van der Waals surface area contributed by atoms with Crippen molar-refractivity contribution < 1.29 is 4.74 Å². The number of ether oxygens (including phenoxy) is 1. The molecule has 0 fully saturated rings. The van der Waals surface area contributed by atoms with Crippen molar-refractivity contribution in [2.75, 3.05) is 12.8 Å². The summed E-state index contributed by atoms with van der Waals surface area (Å²) in [5, 5.41) is 0. The van der Waals surface area contributed by atoms with Gasteiger partial charge in [-0.15, -0.1) is 0 Å². The summed E-state index contributed by atoms with van der Waals surface area (Å²) in [7, 11) is 1.44. The third-order valence-electron chi connectivity index (χ3n) is 1.81. The first-order valence-electron chi connectivity index (χ1n) is 4.30. The SMILES string of the molecule is COc1c(C(C)(C)C)nc(N)[nH]c1=O. The molecule has 5 heteroatoms. The van der Waals surface area contributed by atoms with Gasteiger partial charge in [-0.05, 0) is 0 Å². The molecule has 3 N–H and O–H groups in total. The third-order valence-corrected chi connectivity index (χ3v) is 1.81. The van der Waals surface area contributed by atoms with Gasteiger partial charge >= 0.3 is 0 Å². The Bertz CT molecular complexity index is 390. The van der Waals surface area contributed by atoms with Crippen LogP contribution in [0.4, 0.5) is 5.95 Å². The molecule has 1 heterocycles. The Morgan fingerprint density at radius 2 is 2.00 bits per heavy atom. The van der Waals surface area contributed by atoms with Gasteiger partial charge in [0.05, 0.1) is 12.8 Å². The fraction of sp³-hybridized carbons (Fsp3) is 0.556. The minimum Gasteiger partial charge on any atom is -0.490 e. The Morgan fingerprint density at radius 3 is 2.43 bits per heavy atom. The first-order valence-corrected chi connectivity index (χ1v) is 4.30. The number of nitrogens with one attached hydrogen (secondary N) is 1. The maximum atomic E-state index is 11.4. The van der Waals surface area contributed by atoms with Crippen molar-refractivity contribution in [2.45, 2.75) is 26.2 Å². The van der Waals surface area contributed by atoms with Crippen molar-refractivity contribution in [2.24, 2.45) is 0 Å². The molecule has 5 nitrogen and oxygen atoms in total. The lowest BCUT2D eigenvalue weighted by atomic mass is 9.91. The van der Waals surface area contributed by atoms with Crippen LogP contribution >= 0.6 is 0 Å². The minimum atomic E-state index is -0.343. The van der Waals surface area contributed by atoms with E-state index in [1.54, 1.807) is 0 Å². The van der Waals surface area contributed by atoms with Gasteiger partial charge in [0.1, 0.15) is 0 Å². The molecule has 0 aliphatic carbocycles. The normalized spacial score (nSPS) is 11.4. The van der Waals surface area contributed by atoms with Gasteiger partial charge in [0.25, 0.3) is 5.56 Å². The standard InChI is InChI=1S/C9H15N3O2/c1-9(2,3)6-5(14-4)7(13)12-8(10)11-6/h1-4H3,(H3,10,11,12,13). The van der Waals surface area contributed by atoms with E-state index in [9.17, 15) is 4.79 Å². The van der Waals surface area contributed by atoms with E-state index in [4.69, 9.17) is 10.5 Å². The monoisotopic (exact) mass is 197 g/mol. The minimum absolute atomic E-state index is 0.112. The second-order valence-electron chi connectivity index (χ2n) is 4.08. The van der Waals surface area contributed by atoms with Crippen LogP contribution in [0.25, 0.3) is 0 Å². The van der Waals surface area contributed by atoms with Crippen molar-refractivity contribution >= 4 is 5.95 Å². The number of nitrogens with two attached hydrogens (primary N) is 1. The molecule has 14 heavy (non-hydrogen) atoms. The van der Waals surface area contributed by atoms with Crippen LogP contribution in [0.1, 0.15) is 26.5 Å². The molecule has 0 saturated heterocycles. The molecular weight excluding hydrogens is 182 g/mol. The molecule has 1 rings (SSSR count). The number of rotatable bonds is 1. The predicted molar refractivity (Wildman–Crippen MR) is 54.5 cm³/mol. The van der Waals surface area contributed by atoms with Crippen LogP contribution in [0, 0.1) is 0 Å². The molecule has 1 aromatic heterocycles. The molecule has 1 aromatic rings. The number of nitrogen functional groups attached to an aromatic ring is 1. The van der Waals surface area contributed by atoms with Crippen LogP contribution in [0.15, 0.2) is 4.79 Å². The van der Waals surface area contributed by atoms with Gasteiger partial charge in [0.2, 0.25) is 11.7 Å². The fourth-order valence-corrected chi connectivity index (χ4v) is 1.18. The Kier molecular flexibility index (Phi) is 2.51. The highest BCUT2D eigenvalue weighted by Crippen LogP contribution is 2.26. The summed E-state index contributed by atoms with van der Waals surface area (Å²) in [6.45, 7) is 5.82. The van der Waals surface area contributed by atoms with Crippen LogP contribution in [0.5, 0.6) is 5.75 Å². The molecule has 0 amide bonds. The summed E-state index contributed by atoms with van der Waals surface area (Å²) in [5.74, 6) is 0.340. The number of hydrogen-bond donors (Lipinski definition) is 2. The highest BCUT2D eigenvalue weighted by Gasteiger charge is 2.23. The van der Waals surface area contributed by atoms with E-state index in [2.05, 4.69) is 9.97 Å². The molecule has 0 radical (unpaired) electrons. The average Bonchev–Trinajstić information content (AvgIpc) is 2.01. The molecule has 0 unspecified atom stereocenters. The first kappa shape index (κ1) is 10.6. The van der Waals surface area contributed by atoms with Crippen molar-refractivity contribution in [3.63, 3.8) is 0 Å². The average molecular weight is 197 g/mol. The van der Waals surface area contributed by atoms with Crippen LogP contribution in [-0.4, -0.2) is 17.1 Å². The summed E-state index contributed by atoms with van der Waals surface area (Å²) in [4.78, 5) is 17.9. The van der Waals surface area contributed by atoms with Crippen molar-refractivity contribution in [3.8, 4) is 5.75 Å². The zero-order valence-electron chi connectivity index (χ0n) is 8.84. The van der Waals surface area contributed by atoms with Crippen LogP contribution in [0.2, 0.25) is 0 Å². The second-order valence-corrected chi connectivity index (χ2v) is 4.08. The lowest BCUT2D eigenvalue weighted by molar-refractivity contribution is 0.385. The number of nitrogens with zero attached hydrogens (tertiary/aromatic N) is 1. The van der Waals surface area contributed by atoms with E-state index in [-0.39, 0.29) is 22.7 Å². The van der Waals surface area contributed by atoms with Gasteiger partial charge < -0.3 is 10.5 Å².